The molecule has 0 aromatic heterocycles. The minimum Gasteiger partial charge on any atom is -0.380 e. The molecule has 0 aliphatic heterocycles. The molecule has 2 amide bonds. The molecule has 0 bridgehead atoms. The van der Waals surface area contributed by atoms with Crippen molar-refractivity contribution in [2.24, 2.45) is 5.73 Å². The van der Waals surface area contributed by atoms with Crippen molar-refractivity contribution in [1.29, 1.82) is 0 Å². The van der Waals surface area contributed by atoms with Crippen molar-refractivity contribution in [2.75, 3.05) is 26.0 Å². The van der Waals surface area contributed by atoms with Gasteiger partial charge in [-0.3, -0.25) is 9.59 Å². The van der Waals surface area contributed by atoms with Crippen LogP contribution < -0.4 is 16.4 Å². The summed E-state index contributed by atoms with van der Waals surface area (Å²) in [6, 6.07) is 6.80. The smallest absolute Gasteiger partial charge is 0.253 e. The van der Waals surface area contributed by atoms with Crippen LogP contribution in [0.3, 0.4) is 0 Å². The highest BCUT2D eigenvalue weighted by Gasteiger charge is 2.15. The normalized spacial score (nSPS) is 11.2. The number of hydrogen-bond donors (Lipinski definition) is 3. The molecule has 0 heterocycles. The second kappa shape index (κ2) is 9.30. The van der Waals surface area contributed by atoms with E-state index in [1.807, 2.05) is 0 Å². The number of benzene rings is 1. The van der Waals surface area contributed by atoms with Crippen molar-refractivity contribution in [1.82, 2.24) is 5.32 Å². The molecule has 6 nitrogen and oxygen atoms in total. The van der Waals surface area contributed by atoms with Crippen LogP contribution in [0.15, 0.2) is 24.3 Å². The van der Waals surface area contributed by atoms with Crippen LogP contribution in [0.4, 0.5) is 5.69 Å². The van der Waals surface area contributed by atoms with Gasteiger partial charge in [-0.25, -0.2) is 0 Å². The van der Waals surface area contributed by atoms with Crippen molar-refractivity contribution in [2.45, 2.75) is 12.5 Å². The molecule has 0 radical (unpaired) electrons. The first-order valence-corrected chi connectivity index (χ1v) is 5.96. The van der Waals surface area contributed by atoms with Crippen molar-refractivity contribution >= 4 is 29.9 Å². The Balaban J connectivity index is 0.00000361. The maximum Gasteiger partial charge on any atom is 0.253 e. The highest BCUT2D eigenvalue weighted by atomic mass is 35.5. The quantitative estimate of drug-likeness (QED) is 0.723. The molecule has 1 aromatic rings. The molecule has 1 atom stereocenters. The molecule has 0 spiro atoms. The van der Waals surface area contributed by atoms with Crippen molar-refractivity contribution in [3.05, 3.63) is 29.8 Å². The summed E-state index contributed by atoms with van der Waals surface area (Å²) in [7, 11) is 3.04. The molecule has 112 valence electrons. The predicted molar refractivity (Wildman–Crippen MR) is 80.2 cm³/mol. The van der Waals surface area contributed by atoms with Gasteiger partial charge in [0.1, 0.15) is 0 Å². The van der Waals surface area contributed by atoms with E-state index in [2.05, 4.69) is 10.6 Å². The van der Waals surface area contributed by atoms with Crippen LogP contribution in [-0.4, -0.2) is 38.6 Å². The third-order valence-corrected chi connectivity index (χ3v) is 2.68. The number of carbonyl (C=O) groups excluding carboxylic acids is 2. The first kappa shape index (κ1) is 18.4. The van der Waals surface area contributed by atoms with Gasteiger partial charge in [0.2, 0.25) is 5.91 Å². The molecule has 1 rings (SSSR count). The Morgan fingerprint density at radius 2 is 2.00 bits per heavy atom. The van der Waals surface area contributed by atoms with Gasteiger partial charge in [0.05, 0.1) is 23.8 Å². The van der Waals surface area contributed by atoms with Crippen LogP contribution in [0.5, 0.6) is 0 Å². The van der Waals surface area contributed by atoms with E-state index >= 15 is 0 Å². The van der Waals surface area contributed by atoms with E-state index in [0.717, 1.165) is 0 Å². The zero-order valence-electron chi connectivity index (χ0n) is 11.5. The molecular formula is C13H20ClN3O3. The number of halogens is 1. The fourth-order valence-corrected chi connectivity index (χ4v) is 1.60. The monoisotopic (exact) mass is 301 g/mol. The van der Waals surface area contributed by atoms with E-state index in [0.29, 0.717) is 11.3 Å². The Bertz CT molecular complexity index is 450. The topological polar surface area (TPSA) is 93.5 Å². The summed E-state index contributed by atoms with van der Waals surface area (Å²) in [6.07, 6.45) is -0.179. The van der Waals surface area contributed by atoms with Gasteiger partial charge in [0.15, 0.2) is 0 Å². The zero-order chi connectivity index (χ0) is 14.3. The van der Waals surface area contributed by atoms with E-state index in [-0.39, 0.29) is 43.3 Å². The number of nitrogens with two attached hydrogens (primary N) is 1. The SMILES string of the molecule is CNC(=O)c1ccccc1NC(=O)CC(CN)OC.Cl. The van der Waals surface area contributed by atoms with Crippen LogP contribution in [-0.2, 0) is 9.53 Å². The van der Waals surface area contributed by atoms with Crippen LogP contribution in [0.25, 0.3) is 0 Å². The molecule has 1 unspecified atom stereocenters. The van der Waals surface area contributed by atoms with Gasteiger partial charge in [0.25, 0.3) is 5.91 Å². The van der Waals surface area contributed by atoms with Crippen molar-refractivity contribution in [3.8, 4) is 0 Å². The summed E-state index contributed by atoms with van der Waals surface area (Å²) in [5.74, 6) is -0.494. The fraction of sp³-hybridized carbons (Fsp3) is 0.385. The maximum absolute atomic E-state index is 11.8. The molecule has 0 fully saturated rings. The number of methoxy groups -OCH3 is 1. The summed E-state index contributed by atoms with van der Waals surface area (Å²) in [5, 5.41) is 5.21. The molecule has 0 saturated carbocycles. The summed E-state index contributed by atoms with van der Waals surface area (Å²) < 4.78 is 5.04. The molecule has 1 aromatic carbocycles. The number of rotatable bonds is 6. The van der Waals surface area contributed by atoms with Gasteiger partial charge in [-0.05, 0) is 12.1 Å². The number of para-hydroxylation sites is 1. The van der Waals surface area contributed by atoms with Crippen LogP contribution >= 0.6 is 12.4 Å². The van der Waals surface area contributed by atoms with Gasteiger partial charge in [-0.1, -0.05) is 12.1 Å². The molecule has 4 N–H and O–H groups in total. The van der Waals surface area contributed by atoms with E-state index in [9.17, 15) is 9.59 Å². The summed E-state index contributed by atoms with van der Waals surface area (Å²) >= 11 is 0. The molecule has 20 heavy (non-hydrogen) atoms. The third kappa shape index (κ3) is 5.16. The second-order valence-electron chi connectivity index (χ2n) is 3.97. The lowest BCUT2D eigenvalue weighted by molar-refractivity contribution is -0.118. The summed E-state index contributed by atoms with van der Waals surface area (Å²) in [6.45, 7) is 0.265. The van der Waals surface area contributed by atoms with Crippen LogP contribution in [0, 0.1) is 0 Å². The van der Waals surface area contributed by atoms with Crippen LogP contribution in [0.2, 0.25) is 0 Å². The van der Waals surface area contributed by atoms with Crippen molar-refractivity contribution in [3.63, 3.8) is 0 Å². The molecule has 0 aliphatic carbocycles. The van der Waals surface area contributed by atoms with E-state index < -0.39 is 0 Å². The minimum atomic E-state index is -0.327. The van der Waals surface area contributed by atoms with Gasteiger partial charge < -0.3 is 21.1 Å². The standard InChI is InChI=1S/C13H19N3O3.ClH/c1-15-13(18)10-5-3-4-6-11(10)16-12(17)7-9(8-14)19-2;/h3-6,9H,7-8,14H2,1-2H3,(H,15,18)(H,16,17);1H. The van der Waals surface area contributed by atoms with Crippen LogP contribution in [0.1, 0.15) is 16.8 Å². The number of amides is 2. The number of nitrogens with one attached hydrogen (secondary N) is 2. The average Bonchev–Trinajstić information content (AvgIpc) is 2.44. The Morgan fingerprint density at radius 1 is 1.35 bits per heavy atom. The lowest BCUT2D eigenvalue weighted by Crippen LogP contribution is -2.29. The van der Waals surface area contributed by atoms with Gasteiger partial charge >= 0.3 is 0 Å². The third-order valence-electron chi connectivity index (χ3n) is 2.68. The Kier molecular flexibility index (Phi) is 8.54. The number of ether oxygens (including phenoxy) is 1. The molecule has 0 aliphatic rings. The zero-order valence-corrected chi connectivity index (χ0v) is 12.3. The number of hydrogen-bond acceptors (Lipinski definition) is 4. The Morgan fingerprint density at radius 3 is 2.55 bits per heavy atom. The number of carbonyl (C=O) groups is 2. The van der Waals surface area contributed by atoms with E-state index in [1.54, 1.807) is 24.3 Å². The minimum absolute atomic E-state index is 0. The van der Waals surface area contributed by atoms with E-state index in [1.165, 1.54) is 14.2 Å². The summed E-state index contributed by atoms with van der Waals surface area (Å²) in [4.78, 5) is 23.5. The Labute approximate surface area is 124 Å². The lowest BCUT2D eigenvalue weighted by Gasteiger charge is -2.14. The van der Waals surface area contributed by atoms with E-state index in [4.69, 9.17) is 10.5 Å². The molecule has 0 saturated heterocycles. The average molecular weight is 302 g/mol. The molecular weight excluding hydrogens is 282 g/mol. The Hall–Kier alpha value is -1.63. The lowest BCUT2D eigenvalue weighted by atomic mass is 10.1. The predicted octanol–water partition coefficient (Wildman–Crippen LogP) is 0.770. The first-order valence-electron chi connectivity index (χ1n) is 5.96. The highest BCUT2D eigenvalue weighted by molar-refractivity contribution is 6.03. The molecule has 7 heteroatoms. The fourth-order valence-electron chi connectivity index (χ4n) is 1.60. The number of anilines is 1. The van der Waals surface area contributed by atoms with Gasteiger partial charge in [-0.15, -0.1) is 12.4 Å². The maximum atomic E-state index is 11.8. The van der Waals surface area contributed by atoms with Gasteiger partial charge in [0, 0.05) is 20.7 Å². The van der Waals surface area contributed by atoms with Gasteiger partial charge in [-0.2, -0.15) is 0 Å². The first-order chi connectivity index (χ1) is 9.12. The highest BCUT2D eigenvalue weighted by Crippen LogP contribution is 2.15. The summed E-state index contributed by atoms with van der Waals surface area (Å²) in [5.41, 5.74) is 6.34. The second-order valence-corrected chi connectivity index (χ2v) is 3.97. The van der Waals surface area contributed by atoms with Crippen molar-refractivity contribution < 1.29 is 14.3 Å². The largest absolute Gasteiger partial charge is 0.380 e.